The molecule has 7 nitrogen and oxygen atoms in total. The molecule has 1 aromatic carbocycles. The monoisotopic (exact) mass is 438 g/mol. The van der Waals surface area contributed by atoms with Crippen molar-refractivity contribution in [2.45, 2.75) is 20.3 Å². The minimum atomic E-state index is 0.0556. The van der Waals surface area contributed by atoms with Gasteiger partial charge in [0.2, 0.25) is 0 Å². The molecule has 1 fully saturated rings. The lowest BCUT2D eigenvalue weighted by Crippen LogP contribution is -2.50. The van der Waals surface area contributed by atoms with Crippen LogP contribution in [0.25, 0.3) is 0 Å². The van der Waals surface area contributed by atoms with Gasteiger partial charge in [0.05, 0.1) is 11.3 Å². The Morgan fingerprint density at radius 3 is 2.39 bits per heavy atom. The van der Waals surface area contributed by atoms with Crippen LogP contribution < -0.4 is 5.01 Å². The summed E-state index contributed by atoms with van der Waals surface area (Å²) in [6, 6.07) is 9.73. The first-order valence-electron chi connectivity index (χ1n) is 10.5. The highest BCUT2D eigenvalue weighted by molar-refractivity contribution is 7.16. The van der Waals surface area contributed by atoms with Crippen molar-refractivity contribution >= 4 is 46.7 Å². The quantitative estimate of drug-likeness (QED) is 0.390. The molecule has 1 aromatic heterocycles. The highest BCUT2D eigenvalue weighted by atomic mass is 32.1. The highest BCUT2D eigenvalue weighted by Crippen LogP contribution is 2.32. The second kappa shape index (κ2) is 10.3. The lowest BCUT2D eigenvalue weighted by atomic mass is 10.1. The van der Waals surface area contributed by atoms with Gasteiger partial charge < -0.3 is 9.80 Å². The number of hydrogen-bond acceptors (Lipinski definition) is 6. The van der Waals surface area contributed by atoms with Crippen LogP contribution in [-0.2, 0) is 6.42 Å². The van der Waals surface area contributed by atoms with Crippen LogP contribution in [0, 0.1) is 0 Å². The van der Waals surface area contributed by atoms with E-state index in [2.05, 4.69) is 39.7 Å². The molecular weight excluding hydrogens is 408 g/mol. The summed E-state index contributed by atoms with van der Waals surface area (Å²) in [6.45, 7) is 10.5. The van der Waals surface area contributed by atoms with Crippen LogP contribution in [-0.4, -0.2) is 74.7 Å². The van der Waals surface area contributed by atoms with Gasteiger partial charge in [-0.3, -0.25) is 19.8 Å². The highest BCUT2D eigenvalue weighted by Gasteiger charge is 2.26. The number of hydrogen-bond donors (Lipinski definition) is 0. The first-order chi connectivity index (χ1) is 15.0. The number of carbonyl (C=O) groups is 1. The third kappa shape index (κ3) is 5.02. The molecule has 0 unspecified atom stereocenters. The van der Waals surface area contributed by atoms with E-state index in [4.69, 9.17) is 0 Å². The van der Waals surface area contributed by atoms with E-state index < -0.39 is 0 Å². The van der Waals surface area contributed by atoms with Crippen molar-refractivity contribution in [3.8, 4) is 0 Å². The second-order valence-corrected chi connectivity index (χ2v) is 8.33. The van der Waals surface area contributed by atoms with E-state index in [-0.39, 0.29) is 5.91 Å². The summed E-state index contributed by atoms with van der Waals surface area (Å²) in [6.07, 6.45) is 2.70. The molecule has 0 spiro atoms. The fourth-order valence-electron chi connectivity index (χ4n) is 3.68. The van der Waals surface area contributed by atoms with Gasteiger partial charge in [-0.1, -0.05) is 6.92 Å². The lowest BCUT2D eigenvalue weighted by molar-refractivity contribution is 0.0692. The Morgan fingerprint density at radius 2 is 1.84 bits per heavy atom. The molecule has 0 aliphatic carbocycles. The Labute approximate surface area is 188 Å². The summed E-state index contributed by atoms with van der Waals surface area (Å²) in [5.41, 5.74) is 2.67. The molecule has 1 saturated heterocycles. The summed E-state index contributed by atoms with van der Waals surface area (Å²) >= 11 is 1.66. The topological polar surface area (TPSA) is 63.9 Å². The first kappa shape index (κ1) is 22.7. The molecule has 3 rings (SSSR count). The predicted molar refractivity (Wildman–Crippen MR) is 132 cm³/mol. The van der Waals surface area contributed by atoms with E-state index in [0.717, 1.165) is 41.6 Å². The summed E-state index contributed by atoms with van der Waals surface area (Å²) in [5, 5.41) is 6.91. The molecule has 31 heavy (non-hydrogen) atoms. The number of benzene rings is 1. The number of amidine groups is 1. The average Bonchev–Trinajstić information content (AvgIpc) is 3.23. The lowest BCUT2D eigenvalue weighted by Gasteiger charge is -2.36. The number of aryl methyl sites for hydroxylation is 1. The number of piperazine rings is 1. The van der Waals surface area contributed by atoms with Crippen LogP contribution in [0.15, 0.2) is 45.4 Å². The van der Waals surface area contributed by atoms with Gasteiger partial charge in [0.1, 0.15) is 10.8 Å². The van der Waals surface area contributed by atoms with Crippen LogP contribution >= 0.6 is 11.3 Å². The van der Waals surface area contributed by atoms with E-state index in [1.54, 1.807) is 22.6 Å². The van der Waals surface area contributed by atoms with Crippen LogP contribution in [0.3, 0.4) is 0 Å². The number of thiophene rings is 1. The number of hydrazone groups is 1. The maximum absolute atomic E-state index is 13.0. The van der Waals surface area contributed by atoms with Gasteiger partial charge >= 0.3 is 0 Å². The first-order valence-corrected chi connectivity index (χ1v) is 11.3. The summed E-state index contributed by atoms with van der Waals surface area (Å²) in [4.78, 5) is 27.1. The van der Waals surface area contributed by atoms with Crippen LogP contribution in [0.1, 0.15) is 34.6 Å². The van der Waals surface area contributed by atoms with E-state index in [1.807, 2.05) is 50.2 Å². The van der Waals surface area contributed by atoms with Crippen molar-refractivity contribution in [3.63, 3.8) is 0 Å². The van der Waals surface area contributed by atoms with Crippen molar-refractivity contribution in [1.29, 1.82) is 0 Å². The molecular formula is C23H30N6OS. The maximum Gasteiger partial charge on any atom is 0.253 e. The van der Waals surface area contributed by atoms with Crippen LogP contribution in [0.4, 0.5) is 10.7 Å². The number of aliphatic imine (C=N–C) groups is 2. The molecule has 1 aliphatic rings. The summed E-state index contributed by atoms with van der Waals surface area (Å²) in [7, 11) is 3.69. The molecule has 0 bridgehead atoms. The summed E-state index contributed by atoms with van der Waals surface area (Å²) in [5.74, 6) is 0.981. The van der Waals surface area contributed by atoms with Gasteiger partial charge in [-0.25, -0.2) is 0 Å². The number of carbonyl (C=O) groups excluding carboxylic acids is 1. The van der Waals surface area contributed by atoms with Crippen LogP contribution in [0.5, 0.6) is 0 Å². The van der Waals surface area contributed by atoms with Gasteiger partial charge in [0.15, 0.2) is 0 Å². The van der Waals surface area contributed by atoms with Gasteiger partial charge in [0.25, 0.3) is 5.91 Å². The standard InChI is InChI=1S/C23H30N6OS/c1-6-19-16-20(22(25-4)31-19)21(24-3)28-12-14-29(15-13-28)23(30)17-8-10-18(11-9-17)27(5)26-7-2/h7-11,16H,4,6,12-15H2,1-3,5H3/b24-21?,26-7-. The van der Waals surface area contributed by atoms with E-state index in [1.165, 1.54) is 4.88 Å². The Balaban J connectivity index is 1.66. The minimum absolute atomic E-state index is 0.0556. The third-order valence-electron chi connectivity index (χ3n) is 5.35. The predicted octanol–water partition coefficient (Wildman–Crippen LogP) is 3.92. The molecule has 1 amide bonds. The molecule has 2 aromatic rings. The maximum atomic E-state index is 13.0. The Hall–Kier alpha value is -3.00. The van der Waals surface area contributed by atoms with E-state index in [9.17, 15) is 4.79 Å². The Morgan fingerprint density at radius 1 is 1.19 bits per heavy atom. The number of rotatable bonds is 6. The number of amides is 1. The molecule has 0 saturated carbocycles. The zero-order valence-electron chi connectivity index (χ0n) is 18.7. The van der Waals surface area contributed by atoms with Gasteiger partial charge in [-0.2, -0.15) is 5.10 Å². The zero-order valence-corrected chi connectivity index (χ0v) is 19.5. The van der Waals surface area contributed by atoms with Crippen molar-refractivity contribution in [2.24, 2.45) is 15.1 Å². The van der Waals surface area contributed by atoms with Crippen molar-refractivity contribution in [3.05, 3.63) is 46.3 Å². The van der Waals surface area contributed by atoms with Gasteiger partial charge in [0, 0.05) is 56.9 Å². The van der Waals surface area contributed by atoms with E-state index in [0.29, 0.717) is 18.7 Å². The largest absolute Gasteiger partial charge is 0.353 e. The number of nitrogens with zero attached hydrogens (tertiary/aromatic N) is 6. The fourth-order valence-corrected chi connectivity index (χ4v) is 4.57. The number of anilines is 1. The van der Waals surface area contributed by atoms with Crippen molar-refractivity contribution < 1.29 is 4.79 Å². The Bertz CT molecular complexity index is 970. The third-order valence-corrected chi connectivity index (χ3v) is 6.56. The summed E-state index contributed by atoms with van der Waals surface area (Å²) < 4.78 is 0. The van der Waals surface area contributed by atoms with Gasteiger partial charge in [-0.05, 0) is 50.4 Å². The van der Waals surface area contributed by atoms with Crippen LogP contribution in [0.2, 0.25) is 0 Å². The molecule has 0 N–H and O–H groups in total. The van der Waals surface area contributed by atoms with Gasteiger partial charge in [-0.15, -0.1) is 11.3 Å². The molecule has 164 valence electrons. The SMILES string of the molecule is C=Nc1sc(CC)cc1C(=NC)N1CCN(C(=O)c2ccc(N(C)/N=C\C)cc2)CC1. The van der Waals surface area contributed by atoms with Crippen molar-refractivity contribution in [1.82, 2.24) is 9.80 Å². The van der Waals surface area contributed by atoms with Crippen molar-refractivity contribution in [2.75, 3.05) is 45.3 Å². The normalized spacial score (nSPS) is 14.9. The smallest absolute Gasteiger partial charge is 0.253 e. The fraction of sp³-hybridized carbons (Fsp3) is 0.391. The zero-order chi connectivity index (χ0) is 22.4. The molecule has 8 heteroatoms. The Kier molecular flexibility index (Phi) is 7.57. The molecule has 0 atom stereocenters. The average molecular weight is 439 g/mol. The second-order valence-electron chi connectivity index (χ2n) is 7.21. The molecule has 0 radical (unpaired) electrons. The minimum Gasteiger partial charge on any atom is -0.353 e. The molecule has 2 heterocycles. The molecule has 1 aliphatic heterocycles. The van der Waals surface area contributed by atoms with E-state index >= 15 is 0 Å².